The summed E-state index contributed by atoms with van der Waals surface area (Å²) < 4.78 is 0. The Hall–Kier alpha value is -1.09. The van der Waals surface area contributed by atoms with Crippen LogP contribution in [0.5, 0.6) is 0 Å². The van der Waals surface area contributed by atoms with Gasteiger partial charge in [0.15, 0.2) is 0 Å². The van der Waals surface area contributed by atoms with E-state index in [1.165, 1.54) is 186 Å². The molecule has 0 aromatic rings. The van der Waals surface area contributed by atoms with Crippen LogP contribution in [0, 0.1) is 5.92 Å². The van der Waals surface area contributed by atoms with E-state index in [2.05, 4.69) is 48.5 Å². The lowest BCUT2D eigenvalue weighted by atomic mass is 9.89. The molecule has 0 saturated carbocycles. The molecular formula is C41H78N2O. The highest BCUT2D eigenvalue weighted by atomic mass is 16.3. The monoisotopic (exact) mass is 615 g/mol. The third-order valence-corrected chi connectivity index (χ3v) is 9.59. The summed E-state index contributed by atoms with van der Waals surface area (Å²) in [6, 6.07) is 0.493. The van der Waals surface area contributed by atoms with Gasteiger partial charge in [0, 0.05) is 12.5 Å². The van der Waals surface area contributed by atoms with Gasteiger partial charge in [-0.2, -0.15) is 0 Å². The van der Waals surface area contributed by atoms with Crippen molar-refractivity contribution in [2.24, 2.45) is 10.9 Å². The first-order valence-corrected chi connectivity index (χ1v) is 20.0. The average molecular weight is 615 g/mol. The highest BCUT2D eigenvalue weighted by Gasteiger charge is 2.21. The van der Waals surface area contributed by atoms with Crippen LogP contribution in [0.25, 0.3) is 0 Å². The van der Waals surface area contributed by atoms with Crippen molar-refractivity contribution in [3.63, 3.8) is 0 Å². The van der Waals surface area contributed by atoms with Crippen molar-refractivity contribution < 1.29 is 5.11 Å². The van der Waals surface area contributed by atoms with Crippen LogP contribution in [0.1, 0.15) is 206 Å². The van der Waals surface area contributed by atoms with Crippen molar-refractivity contribution in [1.82, 2.24) is 5.32 Å². The van der Waals surface area contributed by atoms with E-state index in [1.807, 2.05) is 0 Å². The first kappa shape index (κ1) is 40.9. The predicted octanol–water partition coefficient (Wildman–Crippen LogP) is 12.8. The number of allylic oxidation sites excluding steroid dienone is 4. The number of amidine groups is 1. The third-order valence-electron chi connectivity index (χ3n) is 9.59. The number of aliphatic hydroxyl groups excluding tert-OH is 1. The highest BCUT2D eigenvalue weighted by molar-refractivity contribution is 5.84. The molecular weight excluding hydrogens is 536 g/mol. The number of aliphatic imine (C=N–C) groups is 1. The summed E-state index contributed by atoms with van der Waals surface area (Å²) in [7, 11) is 0. The normalized spacial score (nSPS) is 15.9. The van der Waals surface area contributed by atoms with Gasteiger partial charge in [0.05, 0.1) is 19.0 Å². The van der Waals surface area contributed by atoms with Gasteiger partial charge in [-0.25, -0.2) is 0 Å². The van der Waals surface area contributed by atoms with Crippen molar-refractivity contribution in [3.05, 3.63) is 24.3 Å². The summed E-state index contributed by atoms with van der Waals surface area (Å²) in [4.78, 5) is 4.65. The van der Waals surface area contributed by atoms with Crippen LogP contribution in [-0.2, 0) is 0 Å². The molecule has 1 aliphatic heterocycles. The molecule has 44 heavy (non-hydrogen) atoms. The smallest absolute Gasteiger partial charge is 0.0989 e. The van der Waals surface area contributed by atoms with Crippen molar-refractivity contribution in [2.75, 3.05) is 13.2 Å². The van der Waals surface area contributed by atoms with Gasteiger partial charge in [-0.1, -0.05) is 167 Å². The predicted molar refractivity (Wildman–Crippen MR) is 198 cm³/mol. The first-order valence-electron chi connectivity index (χ1n) is 20.0. The molecule has 0 aromatic heterocycles. The molecule has 0 aromatic carbocycles. The number of aliphatic hydroxyl groups is 1. The SMILES string of the molecule is CCCCCCCCC=CCCCCCCCCC(CCCCCC/C=C\CCCCCCCC)CC1CN=C(CCO)N1. The number of hydrogen-bond acceptors (Lipinski definition) is 3. The van der Waals surface area contributed by atoms with Gasteiger partial charge in [-0.3, -0.25) is 4.99 Å². The lowest BCUT2D eigenvalue weighted by Gasteiger charge is -2.21. The molecule has 0 aliphatic carbocycles. The van der Waals surface area contributed by atoms with E-state index in [-0.39, 0.29) is 6.61 Å². The van der Waals surface area contributed by atoms with Gasteiger partial charge in [0.1, 0.15) is 0 Å². The van der Waals surface area contributed by atoms with Gasteiger partial charge in [0.25, 0.3) is 0 Å². The molecule has 0 bridgehead atoms. The molecule has 3 nitrogen and oxygen atoms in total. The van der Waals surface area contributed by atoms with Crippen LogP contribution < -0.4 is 5.32 Å². The third kappa shape index (κ3) is 27.2. The standard InChI is InChI=1S/C41H78N2O/c1-3-5-7-9-11-13-15-17-19-20-22-24-26-28-30-32-34-39(37-40-38-42-41(43-40)35-36-44)33-31-29-27-25-23-21-18-16-14-12-10-8-6-4-2/h17-19,21,39-40,44H,3-16,20,22-38H2,1-2H3,(H,42,43)/b19-17?,21-18-. The first-order chi connectivity index (χ1) is 21.8. The van der Waals surface area contributed by atoms with E-state index in [0.717, 1.165) is 18.3 Å². The maximum Gasteiger partial charge on any atom is 0.0989 e. The van der Waals surface area contributed by atoms with Crippen molar-refractivity contribution in [3.8, 4) is 0 Å². The topological polar surface area (TPSA) is 44.6 Å². The van der Waals surface area contributed by atoms with Gasteiger partial charge in [-0.05, 0) is 63.7 Å². The van der Waals surface area contributed by atoms with E-state index in [4.69, 9.17) is 0 Å². The number of nitrogens with one attached hydrogen (secondary N) is 1. The number of nitrogens with zero attached hydrogens (tertiary/aromatic N) is 1. The molecule has 0 fully saturated rings. The maximum absolute atomic E-state index is 9.27. The molecule has 0 saturated heterocycles. The summed E-state index contributed by atoms with van der Waals surface area (Å²) in [5, 5.41) is 12.9. The summed E-state index contributed by atoms with van der Waals surface area (Å²) in [6.45, 7) is 5.69. The number of rotatable bonds is 34. The minimum atomic E-state index is 0.200. The fourth-order valence-electron chi connectivity index (χ4n) is 6.73. The van der Waals surface area contributed by atoms with Crippen LogP contribution in [0.4, 0.5) is 0 Å². The number of hydrogen-bond donors (Lipinski definition) is 2. The Bertz CT molecular complexity index is 670. The zero-order chi connectivity index (χ0) is 31.6. The summed E-state index contributed by atoms with van der Waals surface area (Å²) in [6.07, 6.45) is 50.3. The molecule has 2 unspecified atom stereocenters. The average Bonchev–Trinajstić information content (AvgIpc) is 3.47. The Kier molecular flexibility index (Phi) is 31.0. The molecule has 0 amide bonds. The van der Waals surface area contributed by atoms with Crippen LogP contribution in [-0.4, -0.2) is 30.1 Å². The summed E-state index contributed by atoms with van der Waals surface area (Å²) in [5.41, 5.74) is 0. The van der Waals surface area contributed by atoms with Gasteiger partial charge < -0.3 is 10.4 Å². The second-order valence-electron chi connectivity index (χ2n) is 13.9. The molecule has 0 radical (unpaired) electrons. The van der Waals surface area contributed by atoms with Crippen LogP contribution in [0.3, 0.4) is 0 Å². The number of unbranched alkanes of at least 4 members (excludes halogenated alkanes) is 22. The molecule has 258 valence electrons. The van der Waals surface area contributed by atoms with E-state index in [9.17, 15) is 5.11 Å². The minimum absolute atomic E-state index is 0.200. The van der Waals surface area contributed by atoms with Crippen molar-refractivity contribution in [1.29, 1.82) is 0 Å². The fraction of sp³-hybridized carbons (Fsp3) is 0.878. The lowest BCUT2D eigenvalue weighted by molar-refractivity contribution is 0.305. The Balaban J connectivity index is 2.10. The quantitative estimate of drug-likeness (QED) is 0.0559. The highest BCUT2D eigenvalue weighted by Crippen LogP contribution is 2.25. The van der Waals surface area contributed by atoms with Crippen molar-refractivity contribution >= 4 is 5.84 Å². The lowest BCUT2D eigenvalue weighted by Crippen LogP contribution is -2.32. The Labute approximate surface area is 276 Å². The van der Waals surface area contributed by atoms with Crippen LogP contribution in [0.2, 0.25) is 0 Å². The van der Waals surface area contributed by atoms with Gasteiger partial charge >= 0.3 is 0 Å². The van der Waals surface area contributed by atoms with Gasteiger partial charge in [-0.15, -0.1) is 0 Å². The molecule has 2 atom stereocenters. The molecule has 0 spiro atoms. The zero-order valence-electron chi connectivity index (χ0n) is 30.0. The molecule has 1 heterocycles. The molecule has 1 rings (SSSR count). The summed E-state index contributed by atoms with van der Waals surface area (Å²) >= 11 is 0. The van der Waals surface area contributed by atoms with Crippen molar-refractivity contribution in [2.45, 2.75) is 213 Å². The molecule has 1 aliphatic rings. The van der Waals surface area contributed by atoms with E-state index >= 15 is 0 Å². The van der Waals surface area contributed by atoms with Gasteiger partial charge in [0.2, 0.25) is 0 Å². The van der Waals surface area contributed by atoms with E-state index < -0.39 is 0 Å². The fourth-order valence-corrected chi connectivity index (χ4v) is 6.73. The largest absolute Gasteiger partial charge is 0.396 e. The zero-order valence-corrected chi connectivity index (χ0v) is 30.0. The summed E-state index contributed by atoms with van der Waals surface area (Å²) in [5.74, 6) is 1.85. The van der Waals surface area contributed by atoms with Crippen LogP contribution in [0.15, 0.2) is 29.3 Å². The van der Waals surface area contributed by atoms with Crippen LogP contribution >= 0.6 is 0 Å². The Morgan fingerprint density at radius 1 is 0.591 bits per heavy atom. The molecule has 2 N–H and O–H groups in total. The maximum atomic E-state index is 9.27. The Morgan fingerprint density at radius 2 is 0.977 bits per heavy atom. The second kappa shape index (κ2) is 33.3. The molecule has 3 heteroatoms. The minimum Gasteiger partial charge on any atom is -0.396 e. The van der Waals surface area contributed by atoms with E-state index in [0.29, 0.717) is 12.5 Å². The Morgan fingerprint density at radius 3 is 1.39 bits per heavy atom. The van der Waals surface area contributed by atoms with E-state index in [1.54, 1.807) is 0 Å². The second-order valence-corrected chi connectivity index (χ2v) is 13.9.